The Hall–Kier alpha value is -3.17. The molecule has 0 amide bonds. The Kier molecular flexibility index (Phi) is 4.87. The minimum Gasteiger partial charge on any atom is -0.508 e. The predicted octanol–water partition coefficient (Wildman–Crippen LogP) is 2.75. The minimum atomic E-state index is -3.77. The first-order valence-corrected chi connectivity index (χ1v) is 11.0. The number of anilines is 1. The van der Waals surface area contributed by atoms with E-state index in [-0.39, 0.29) is 16.7 Å². The van der Waals surface area contributed by atoms with Gasteiger partial charge in [0.25, 0.3) is 0 Å². The van der Waals surface area contributed by atoms with E-state index in [0.717, 1.165) is 33.9 Å². The van der Waals surface area contributed by atoms with E-state index in [1.807, 2.05) is 36.7 Å². The molecule has 1 aliphatic heterocycles. The van der Waals surface area contributed by atoms with Crippen molar-refractivity contribution in [2.24, 2.45) is 17.3 Å². The number of hydrogen-bond acceptors (Lipinski definition) is 6. The summed E-state index contributed by atoms with van der Waals surface area (Å²) in [4.78, 5) is 0.0490. The molecule has 8 nitrogen and oxygen atoms in total. The number of benzene rings is 2. The van der Waals surface area contributed by atoms with Crippen molar-refractivity contribution in [3.05, 3.63) is 71.0 Å². The largest absolute Gasteiger partial charge is 0.508 e. The second kappa shape index (κ2) is 7.26. The summed E-state index contributed by atoms with van der Waals surface area (Å²) in [6.45, 7) is 3.99. The molecule has 0 aliphatic carbocycles. The van der Waals surface area contributed by atoms with Crippen LogP contribution in [-0.4, -0.2) is 29.0 Å². The average molecular weight is 426 g/mol. The quantitative estimate of drug-likeness (QED) is 0.667. The predicted molar refractivity (Wildman–Crippen MR) is 115 cm³/mol. The van der Waals surface area contributed by atoms with E-state index in [0.29, 0.717) is 6.42 Å². The van der Waals surface area contributed by atoms with Crippen molar-refractivity contribution < 1.29 is 13.5 Å². The number of aryl methyl sites for hydroxylation is 2. The minimum absolute atomic E-state index is 0.0490. The fourth-order valence-electron chi connectivity index (χ4n) is 3.89. The molecule has 1 aliphatic rings. The summed E-state index contributed by atoms with van der Waals surface area (Å²) < 4.78 is 25.1. The van der Waals surface area contributed by atoms with Crippen LogP contribution in [0, 0.1) is 13.8 Å². The van der Waals surface area contributed by atoms with Crippen LogP contribution in [0.3, 0.4) is 0 Å². The third kappa shape index (κ3) is 3.57. The lowest BCUT2D eigenvalue weighted by Gasteiger charge is -2.24. The van der Waals surface area contributed by atoms with Gasteiger partial charge in [-0.3, -0.25) is 9.69 Å². The number of primary sulfonamides is 1. The molecule has 1 aromatic heterocycles. The highest BCUT2D eigenvalue weighted by Gasteiger charge is 2.33. The SMILES string of the molecule is Cc1nn(C)c(C)c1[C@@H]1CC(c2cccc(O)c2)=NN1c1ccc(S(N)(=O)=O)cc1. The second-order valence-electron chi connectivity index (χ2n) is 7.41. The Bertz CT molecular complexity index is 1250. The summed E-state index contributed by atoms with van der Waals surface area (Å²) in [5.41, 5.74) is 5.43. The van der Waals surface area contributed by atoms with Crippen LogP contribution < -0.4 is 10.1 Å². The Morgan fingerprint density at radius 3 is 2.40 bits per heavy atom. The normalized spacial score (nSPS) is 16.7. The second-order valence-corrected chi connectivity index (χ2v) is 8.97. The molecule has 3 N–H and O–H groups in total. The number of sulfonamides is 1. The molecule has 4 rings (SSSR count). The molecule has 9 heteroatoms. The first kappa shape index (κ1) is 20.1. The van der Waals surface area contributed by atoms with Gasteiger partial charge in [-0.05, 0) is 50.2 Å². The molecule has 156 valence electrons. The summed E-state index contributed by atoms with van der Waals surface area (Å²) >= 11 is 0. The van der Waals surface area contributed by atoms with Gasteiger partial charge in [0.05, 0.1) is 28.0 Å². The molecule has 0 saturated heterocycles. The molecule has 1 atom stereocenters. The Morgan fingerprint density at radius 1 is 1.13 bits per heavy atom. The van der Waals surface area contributed by atoms with Gasteiger partial charge in [0.2, 0.25) is 10.0 Å². The van der Waals surface area contributed by atoms with Crippen molar-refractivity contribution in [1.29, 1.82) is 0 Å². The van der Waals surface area contributed by atoms with Crippen molar-refractivity contribution in [3.63, 3.8) is 0 Å². The number of phenols is 1. The van der Waals surface area contributed by atoms with Crippen LogP contribution in [0.5, 0.6) is 5.75 Å². The summed E-state index contributed by atoms with van der Waals surface area (Å²) in [6, 6.07) is 13.2. The van der Waals surface area contributed by atoms with Crippen molar-refractivity contribution in [2.75, 3.05) is 5.01 Å². The van der Waals surface area contributed by atoms with Crippen molar-refractivity contribution in [2.45, 2.75) is 31.2 Å². The molecule has 2 heterocycles. The number of hydrazone groups is 1. The first-order valence-electron chi connectivity index (χ1n) is 9.44. The number of rotatable bonds is 4. The lowest BCUT2D eigenvalue weighted by molar-refractivity contribution is 0.475. The van der Waals surface area contributed by atoms with Crippen LogP contribution in [0.2, 0.25) is 0 Å². The van der Waals surface area contributed by atoms with E-state index < -0.39 is 10.0 Å². The molecule has 0 fully saturated rings. The van der Waals surface area contributed by atoms with E-state index >= 15 is 0 Å². The molecule has 3 aromatic rings. The Balaban J connectivity index is 1.81. The van der Waals surface area contributed by atoms with Crippen molar-refractivity contribution >= 4 is 21.4 Å². The molecular formula is C21H23N5O3S. The first-order chi connectivity index (χ1) is 14.1. The zero-order valence-electron chi connectivity index (χ0n) is 16.9. The number of nitrogens with two attached hydrogens (primary N) is 1. The maximum absolute atomic E-state index is 11.6. The fourth-order valence-corrected chi connectivity index (χ4v) is 4.41. The van der Waals surface area contributed by atoms with Crippen LogP contribution in [0.1, 0.15) is 35.0 Å². The average Bonchev–Trinajstić information content (AvgIpc) is 3.22. The highest BCUT2D eigenvalue weighted by molar-refractivity contribution is 7.89. The van der Waals surface area contributed by atoms with Crippen molar-refractivity contribution in [3.8, 4) is 5.75 Å². The highest BCUT2D eigenvalue weighted by Crippen LogP contribution is 2.39. The molecule has 0 spiro atoms. The monoisotopic (exact) mass is 425 g/mol. The smallest absolute Gasteiger partial charge is 0.238 e. The number of phenolic OH excluding ortho intramolecular Hbond substituents is 1. The van der Waals surface area contributed by atoms with Crippen LogP contribution in [0.4, 0.5) is 5.69 Å². The van der Waals surface area contributed by atoms with Gasteiger partial charge in [-0.1, -0.05) is 12.1 Å². The van der Waals surface area contributed by atoms with Gasteiger partial charge < -0.3 is 5.11 Å². The summed E-state index contributed by atoms with van der Waals surface area (Å²) in [6.07, 6.45) is 0.619. The fraction of sp³-hybridized carbons (Fsp3) is 0.238. The zero-order valence-corrected chi connectivity index (χ0v) is 17.8. The third-order valence-electron chi connectivity index (χ3n) is 5.42. The number of nitrogens with zero attached hydrogens (tertiary/aromatic N) is 4. The number of aromatic hydroxyl groups is 1. The summed E-state index contributed by atoms with van der Waals surface area (Å²) in [7, 11) is -1.87. The van der Waals surface area contributed by atoms with Gasteiger partial charge in [0.1, 0.15) is 5.75 Å². The van der Waals surface area contributed by atoms with Crippen LogP contribution in [0.15, 0.2) is 58.5 Å². The standard InChI is InChI=1S/C21H23N5O3S/c1-13-21(14(2)25(3)23-13)20-12-19(15-5-4-6-17(27)11-15)24-26(20)16-7-9-18(10-8-16)30(22,28)29/h4-11,20,27H,12H2,1-3H3,(H2,22,28,29)/t20-/m0/s1. The molecule has 0 bridgehead atoms. The highest BCUT2D eigenvalue weighted by atomic mass is 32.2. The van der Waals surface area contributed by atoms with E-state index in [1.165, 1.54) is 12.1 Å². The van der Waals surface area contributed by atoms with E-state index in [4.69, 9.17) is 10.2 Å². The zero-order chi connectivity index (χ0) is 21.6. The maximum atomic E-state index is 11.6. The molecule has 0 unspecified atom stereocenters. The lowest BCUT2D eigenvalue weighted by Crippen LogP contribution is -2.20. The van der Waals surface area contributed by atoms with Gasteiger partial charge in [-0.2, -0.15) is 10.2 Å². The third-order valence-corrected chi connectivity index (χ3v) is 6.35. The van der Waals surface area contributed by atoms with Gasteiger partial charge in [0, 0.05) is 30.3 Å². The molecule has 0 radical (unpaired) electrons. The number of aromatic nitrogens is 2. The van der Waals surface area contributed by atoms with Crippen molar-refractivity contribution in [1.82, 2.24) is 9.78 Å². The number of hydrogen-bond donors (Lipinski definition) is 2. The van der Waals surface area contributed by atoms with Crippen LogP contribution in [0.25, 0.3) is 0 Å². The maximum Gasteiger partial charge on any atom is 0.238 e. The lowest BCUT2D eigenvalue weighted by atomic mass is 9.96. The van der Waals surface area contributed by atoms with E-state index in [1.54, 1.807) is 30.3 Å². The van der Waals surface area contributed by atoms with Gasteiger partial charge in [0.15, 0.2) is 0 Å². The molecule has 2 aromatic carbocycles. The topological polar surface area (TPSA) is 114 Å². The van der Waals surface area contributed by atoms with Gasteiger partial charge in [-0.25, -0.2) is 13.6 Å². The Morgan fingerprint density at radius 2 is 1.83 bits per heavy atom. The van der Waals surface area contributed by atoms with E-state index in [2.05, 4.69) is 5.10 Å². The summed E-state index contributed by atoms with van der Waals surface area (Å²) in [5.74, 6) is 0.177. The molecule has 0 saturated carbocycles. The van der Waals surface area contributed by atoms with Gasteiger partial charge >= 0.3 is 0 Å². The van der Waals surface area contributed by atoms with Crippen LogP contribution >= 0.6 is 0 Å². The van der Waals surface area contributed by atoms with E-state index in [9.17, 15) is 13.5 Å². The van der Waals surface area contributed by atoms with Gasteiger partial charge in [-0.15, -0.1) is 0 Å². The molecular weight excluding hydrogens is 402 g/mol. The summed E-state index contributed by atoms with van der Waals surface area (Å²) in [5, 5.41) is 26.4. The molecule has 30 heavy (non-hydrogen) atoms. The Labute approximate surface area is 175 Å². The van der Waals surface area contributed by atoms with Crippen LogP contribution in [-0.2, 0) is 17.1 Å².